The number of rotatable bonds is 4. The summed E-state index contributed by atoms with van der Waals surface area (Å²) in [6, 6.07) is 9.91. The minimum atomic E-state index is -1.89. The van der Waals surface area contributed by atoms with E-state index in [0.29, 0.717) is 0 Å². The van der Waals surface area contributed by atoms with E-state index in [-0.39, 0.29) is 29.0 Å². The summed E-state index contributed by atoms with van der Waals surface area (Å²) in [5.41, 5.74) is 0. The maximum Gasteiger partial charge on any atom is 0.229 e. The SMILES string of the molecule is C[C@@H](O[Si](C)(C)C(C)(C)C)[C@H]1C(=O)N[C@H]1C#CSc1ccccc1. The molecule has 1 heterocycles. The minimum absolute atomic E-state index is 0.0465. The maximum atomic E-state index is 12.0. The fourth-order valence-corrected chi connectivity index (χ4v) is 4.39. The van der Waals surface area contributed by atoms with Crippen molar-refractivity contribution in [1.82, 2.24) is 5.32 Å². The second-order valence-electron chi connectivity index (χ2n) is 7.76. The lowest BCUT2D eigenvalue weighted by Crippen LogP contribution is -2.63. The van der Waals surface area contributed by atoms with Crippen molar-refractivity contribution in [2.24, 2.45) is 5.92 Å². The first-order valence-corrected chi connectivity index (χ1v) is 12.0. The van der Waals surface area contributed by atoms with Gasteiger partial charge >= 0.3 is 0 Å². The highest BCUT2D eigenvalue weighted by molar-refractivity contribution is 8.03. The lowest BCUT2D eigenvalue weighted by atomic mass is 9.87. The molecule has 0 aromatic heterocycles. The van der Waals surface area contributed by atoms with Gasteiger partial charge in [0.15, 0.2) is 8.32 Å². The first-order valence-electron chi connectivity index (χ1n) is 8.32. The van der Waals surface area contributed by atoms with Crippen LogP contribution in [0.3, 0.4) is 0 Å². The standard InChI is InChI=1S/C19H27NO2SSi/c1-14(22-24(5,6)19(2,3)4)17-16(20-18(17)21)12-13-23-15-10-8-7-9-11-15/h7-11,14,16-17H,1-6H3,(H,20,21)/t14-,16+,17-/m1/s1. The van der Waals surface area contributed by atoms with Crippen LogP contribution in [-0.4, -0.2) is 26.4 Å². The van der Waals surface area contributed by atoms with Crippen LogP contribution in [-0.2, 0) is 9.22 Å². The monoisotopic (exact) mass is 361 g/mol. The van der Waals surface area contributed by atoms with Gasteiger partial charge in [0.2, 0.25) is 5.91 Å². The highest BCUT2D eigenvalue weighted by Gasteiger charge is 2.46. The lowest BCUT2D eigenvalue weighted by Gasteiger charge is -2.44. The number of thioether (sulfide) groups is 1. The molecule has 2 rings (SSSR count). The van der Waals surface area contributed by atoms with Crippen LogP contribution >= 0.6 is 11.8 Å². The van der Waals surface area contributed by atoms with Gasteiger partial charge < -0.3 is 9.74 Å². The molecule has 1 fully saturated rings. The van der Waals surface area contributed by atoms with Crippen LogP contribution in [0, 0.1) is 17.1 Å². The van der Waals surface area contributed by atoms with Gasteiger partial charge in [-0.2, -0.15) is 0 Å². The first kappa shape index (κ1) is 19.1. The molecule has 1 N–H and O–H groups in total. The average Bonchev–Trinajstić information content (AvgIpc) is 2.45. The van der Waals surface area contributed by atoms with Crippen molar-refractivity contribution < 1.29 is 9.22 Å². The van der Waals surface area contributed by atoms with Crippen LogP contribution in [0.25, 0.3) is 0 Å². The molecular weight excluding hydrogens is 334 g/mol. The summed E-state index contributed by atoms with van der Waals surface area (Å²) in [5, 5.41) is 6.13. The van der Waals surface area contributed by atoms with Gasteiger partial charge in [0.25, 0.3) is 0 Å². The number of amides is 1. The van der Waals surface area contributed by atoms with Crippen molar-refractivity contribution in [2.75, 3.05) is 0 Å². The van der Waals surface area contributed by atoms with Crippen molar-refractivity contribution in [2.45, 2.75) is 62.9 Å². The van der Waals surface area contributed by atoms with Crippen molar-refractivity contribution in [3.05, 3.63) is 30.3 Å². The second-order valence-corrected chi connectivity index (χ2v) is 13.4. The predicted molar refractivity (Wildman–Crippen MR) is 103 cm³/mol. The summed E-state index contributed by atoms with van der Waals surface area (Å²) in [7, 11) is -1.89. The third kappa shape index (κ3) is 4.44. The van der Waals surface area contributed by atoms with E-state index in [9.17, 15) is 4.79 Å². The van der Waals surface area contributed by atoms with Crippen LogP contribution in [0.4, 0.5) is 0 Å². The highest BCUT2D eigenvalue weighted by Crippen LogP contribution is 2.38. The van der Waals surface area contributed by atoms with Crippen LogP contribution < -0.4 is 5.32 Å². The Morgan fingerprint density at radius 3 is 2.42 bits per heavy atom. The summed E-state index contributed by atoms with van der Waals surface area (Å²) < 4.78 is 6.37. The zero-order valence-corrected chi connectivity index (χ0v) is 17.2. The Kier molecular flexibility index (Phi) is 5.85. The van der Waals surface area contributed by atoms with Crippen molar-refractivity contribution in [3.63, 3.8) is 0 Å². The number of β-lactam (4-membered cyclic amide) rings is 1. The Hall–Kier alpha value is -1.22. The minimum Gasteiger partial charge on any atom is -0.413 e. The van der Waals surface area contributed by atoms with E-state index in [1.54, 1.807) is 0 Å². The summed E-state index contributed by atoms with van der Waals surface area (Å²) in [4.78, 5) is 13.1. The van der Waals surface area contributed by atoms with Gasteiger partial charge in [-0.1, -0.05) is 44.9 Å². The molecule has 0 saturated carbocycles. The van der Waals surface area contributed by atoms with Gasteiger partial charge in [-0.05, 0) is 54.2 Å². The maximum absolute atomic E-state index is 12.0. The number of hydrogen-bond donors (Lipinski definition) is 1. The zero-order valence-electron chi connectivity index (χ0n) is 15.3. The van der Waals surface area contributed by atoms with Gasteiger partial charge in [-0.25, -0.2) is 0 Å². The topological polar surface area (TPSA) is 38.3 Å². The summed E-state index contributed by atoms with van der Waals surface area (Å²) in [6.07, 6.45) is -0.110. The zero-order chi connectivity index (χ0) is 18.0. The van der Waals surface area contributed by atoms with Gasteiger partial charge in [0.05, 0.1) is 12.0 Å². The molecule has 1 aliphatic rings. The van der Waals surface area contributed by atoms with Crippen LogP contribution in [0.2, 0.25) is 18.1 Å². The predicted octanol–water partition coefficient (Wildman–Crippen LogP) is 4.26. The molecule has 3 atom stereocenters. The van der Waals surface area contributed by atoms with Crippen LogP contribution in [0.5, 0.6) is 0 Å². The summed E-state index contributed by atoms with van der Waals surface area (Å²) >= 11 is 1.49. The Morgan fingerprint density at radius 2 is 1.88 bits per heavy atom. The largest absolute Gasteiger partial charge is 0.413 e. The van der Waals surface area contributed by atoms with Gasteiger partial charge in [0.1, 0.15) is 6.04 Å². The quantitative estimate of drug-likeness (QED) is 0.377. The van der Waals surface area contributed by atoms with Crippen molar-refractivity contribution in [3.8, 4) is 11.2 Å². The fraction of sp³-hybridized carbons (Fsp3) is 0.526. The van der Waals surface area contributed by atoms with Crippen LogP contribution in [0.1, 0.15) is 27.7 Å². The Balaban J connectivity index is 1.98. The molecule has 1 amide bonds. The highest BCUT2D eigenvalue weighted by atomic mass is 32.2. The Labute approximate surface area is 151 Å². The van der Waals surface area contributed by atoms with E-state index in [1.165, 1.54) is 11.8 Å². The first-order chi connectivity index (χ1) is 11.1. The Bertz CT molecular complexity index is 643. The molecule has 0 radical (unpaired) electrons. The molecule has 0 unspecified atom stereocenters. The van der Waals surface area contributed by atoms with Gasteiger partial charge in [-0.3, -0.25) is 4.79 Å². The molecular formula is C19H27NO2SSi. The summed E-state index contributed by atoms with van der Waals surface area (Å²) in [5.74, 6) is 3.04. The molecule has 1 aromatic rings. The van der Waals surface area contributed by atoms with E-state index in [1.807, 2.05) is 37.3 Å². The summed E-state index contributed by atoms with van der Waals surface area (Å²) in [6.45, 7) is 13.1. The number of carbonyl (C=O) groups is 1. The molecule has 0 bridgehead atoms. The van der Waals surface area contributed by atoms with Crippen molar-refractivity contribution in [1.29, 1.82) is 0 Å². The van der Waals surface area contributed by atoms with Crippen LogP contribution in [0.15, 0.2) is 35.2 Å². The Morgan fingerprint density at radius 1 is 1.25 bits per heavy atom. The van der Waals surface area contributed by atoms with E-state index in [2.05, 4.69) is 50.4 Å². The average molecular weight is 362 g/mol. The molecule has 5 heteroatoms. The molecule has 130 valence electrons. The van der Waals surface area contributed by atoms with E-state index >= 15 is 0 Å². The van der Waals surface area contributed by atoms with Gasteiger partial charge in [0, 0.05) is 4.90 Å². The molecule has 1 saturated heterocycles. The molecule has 1 aliphatic heterocycles. The smallest absolute Gasteiger partial charge is 0.229 e. The third-order valence-corrected chi connectivity index (χ3v) is 10.2. The number of carbonyl (C=O) groups excluding carboxylic acids is 1. The lowest BCUT2D eigenvalue weighted by molar-refractivity contribution is -0.137. The van der Waals surface area contributed by atoms with Crippen molar-refractivity contribution >= 4 is 26.0 Å². The molecule has 0 spiro atoms. The number of nitrogens with one attached hydrogen (secondary N) is 1. The second kappa shape index (κ2) is 7.34. The van der Waals surface area contributed by atoms with E-state index < -0.39 is 8.32 Å². The fourth-order valence-electron chi connectivity index (χ4n) is 2.36. The molecule has 1 aromatic carbocycles. The number of hydrogen-bond acceptors (Lipinski definition) is 3. The van der Waals surface area contributed by atoms with E-state index in [0.717, 1.165) is 4.90 Å². The molecule has 3 nitrogen and oxygen atoms in total. The molecule has 0 aliphatic carbocycles. The normalized spacial score (nSPS) is 22.0. The number of benzene rings is 1. The molecule has 24 heavy (non-hydrogen) atoms. The van der Waals surface area contributed by atoms with E-state index in [4.69, 9.17) is 4.43 Å². The third-order valence-electron chi connectivity index (χ3n) is 4.88. The van der Waals surface area contributed by atoms with Gasteiger partial charge in [-0.15, -0.1) is 0 Å².